The van der Waals surface area contributed by atoms with Gasteiger partial charge in [0.1, 0.15) is 21.1 Å². The zero-order valence-corrected chi connectivity index (χ0v) is 14.4. The average Bonchev–Trinajstić information content (AvgIpc) is 2.71. The van der Waals surface area contributed by atoms with E-state index in [1.165, 1.54) is 0 Å². The molecule has 0 aliphatic carbocycles. The van der Waals surface area contributed by atoms with Crippen LogP contribution in [0.25, 0.3) is 10.2 Å². The van der Waals surface area contributed by atoms with Crippen molar-refractivity contribution >= 4 is 33.5 Å². The van der Waals surface area contributed by atoms with Crippen molar-refractivity contribution in [2.75, 3.05) is 6.61 Å². The van der Waals surface area contributed by atoms with Gasteiger partial charge in [-0.3, -0.25) is 4.79 Å². The van der Waals surface area contributed by atoms with Crippen LogP contribution in [-0.2, 0) is 14.3 Å². The first-order valence-corrected chi connectivity index (χ1v) is 7.79. The molecule has 0 atom stereocenters. The number of aromatic amines is 1. The first kappa shape index (κ1) is 17.1. The Hall–Kier alpha value is -2.22. The average molecular weight is 338 g/mol. The molecule has 2 heterocycles. The van der Waals surface area contributed by atoms with Crippen LogP contribution in [0.4, 0.5) is 0 Å². The topological polar surface area (TPSA) is 98.3 Å². The number of nitrogens with one attached hydrogen (secondary N) is 1. The van der Waals surface area contributed by atoms with Crippen molar-refractivity contribution in [1.82, 2.24) is 9.97 Å². The van der Waals surface area contributed by atoms with Gasteiger partial charge in [-0.25, -0.2) is 14.6 Å². The normalized spacial score (nSPS) is 11.5. The summed E-state index contributed by atoms with van der Waals surface area (Å²) in [6.45, 7) is 8.01. The van der Waals surface area contributed by atoms with E-state index in [0.29, 0.717) is 21.6 Å². The van der Waals surface area contributed by atoms with E-state index >= 15 is 0 Å². The van der Waals surface area contributed by atoms with Crippen molar-refractivity contribution < 1.29 is 19.1 Å². The third-order valence-corrected chi connectivity index (χ3v) is 4.01. The molecule has 0 amide bonds. The van der Waals surface area contributed by atoms with Crippen molar-refractivity contribution in [3.05, 3.63) is 26.6 Å². The molecule has 8 heteroatoms. The molecule has 7 nitrogen and oxygen atoms in total. The van der Waals surface area contributed by atoms with Gasteiger partial charge in [0.15, 0.2) is 6.61 Å². The molecule has 0 unspecified atom stereocenters. The van der Waals surface area contributed by atoms with Gasteiger partial charge >= 0.3 is 11.9 Å². The number of rotatable bonds is 3. The maximum absolute atomic E-state index is 12.1. The second-order valence-electron chi connectivity index (χ2n) is 6.05. The summed E-state index contributed by atoms with van der Waals surface area (Å²) in [5.41, 5.74) is -0.452. The van der Waals surface area contributed by atoms with Gasteiger partial charge in [-0.15, -0.1) is 11.3 Å². The van der Waals surface area contributed by atoms with Crippen LogP contribution in [0.15, 0.2) is 4.79 Å². The lowest BCUT2D eigenvalue weighted by atomic mass is 10.2. The molecule has 2 rings (SSSR count). The molecule has 0 aliphatic heterocycles. The molecule has 2 aromatic heterocycles. The summed E-state index contributed by atoms with van der Waals surface area (Å²) in [4.78, 5) is 43.2. The fourth-order valence-corrected chi connectivity index (χ4v) is 3.13. The van der Waals surface area contributed by atoms with Gasteiger partial charge in [0.25, 0.3) is 5.56 Å². The van der Waals surface area contributed by atoms with Crippen molar-refractivity contribution in [3.63, 3.8) is 0 Å². The predicted octanol–water partition coefficient (Wildman–Crippen LogP) is 2.10. The van der Waals surface area contributed by atoms with E-state index in [2.05, 4.69) is 9.97 Å². The molecule has 124 valence electrons. The van der Waals surface area contributed by atoms with Gasteiger partial charge in [-0.2, -0.15) is 0 Å². The maximum Gasteiger partial charge on any atom is 0.349 e. The van der Waals surface area contributed by atoms with E-state index in [1.54, 1.807) is 34.6 Å². The molecule has 0 spiro atoms. The lowest BCUT2D eigenvalue weighted by Crippen LogP contribution is -2.27. The standard InChI is InChI=1S/C15H18N2O5S/c1-7-10-12(19)16-8(2)17-13(10)23-11(7)14(20)21-6-9(18)22-15(3,4)5/h6H2,1-5H3,(H,16,17,19). The van der Waals surface area contributed by atoms with E-state index in [1.807, 2.05) is 0 Å². The SMILES string of the molecule is Cc1nc2sc(C(=O)OCC(=O)OC(C)(C)C)c(C)c2c(=O)[nH]1. The zero-order valence-electron chi connectivity index (χ0n) is 13.6. The third-order valence-electron chi connectivity index (χ3n) is 2.85. The lowest BCUT2D eigenvalue weighted by molar-refractivity contribution is -0.158. The quantitative estimate of drug-likeness (QED) is 0.861. The molecule has 0 saturated heterocycles. The number of H-pyrrole nitrogens is 1. The number of aryl methyl sites for hydroxylation is 2. The van der Waals surface area contributed by atoms with Gasteiger partial charge in [0.05, 0.1) is 5.39 Å². The Morgan fingerprint density at radius 3 is 2.52 bits per heavy atom. The van der Waals surface area contributed by atoms with E-state index < -0.39 is 24.1 Å². The Morgan fingerprint density at radius 1 is 1.26 bits per heavy atom. The van der Waals surface area contributed by atoms with Crippen LogP contribution in [0, 0.1) is 13.8 Å². The molecule has 0 fully saturated rings. The number of aromatic nitrogens is 2. The van der Waals surface area contributed by atoms with Crippen LogP contribution in [0.3, 0.4) is 0 Å². The van der Waals surface area contributed by atoms with Crippen LogP contribution in [0.1, 0.15) is 41.8 Å². The van der Waals surface area contributed by atoms with Gasteiger partial charge in [-0.05, 0) is 40.2 Å². The molecule has 0 bridgehead atoms. The fourth-order valence-electron chi connectivity index (χ4n) is 2.01. The van der Waals surface area contributed by atoms with Crippen LogP contribution >= 0.6 is 11.3 Å². The van der Waals surface area contributed by atoms with Crippen molar-refractivity contribution in [2.24, 2.45) is 0 Å². The summed E-state index contributed by atoms with van der Waals surface area (Å²) in [7, 11) is 0. The molecular weight excluding hydrogens is 320 g/mol. The molecule has 0 aliphatic rings. The minimum atomic E-state index is -0.673. The van der Waals surface area contributed by atoms with Gasteiger partial charge in [-0.1, -0.05) is 0 Å². The highest BCUT2D eigenvalue weighted by Crippen LogP contribution is 2.27. The molecule has 23 heavy (non-hydrogen) atoms. The van der Waals surface area contributed by atoms with Crippen LogP contribution < -0.4 is 5.56 Å². The Balaban J connectivity index is 2.19. The number of thiophene rings is 1. The summed E-state index contributed by atoms with van der Waals surface area (Å²) in [5, 5.41) is 0.366. The molecule has 1 N–H and O–H groups in total. The molecule has 0 radical (unpaired) electrons. The number of nitrogens with zero attached hydrogens (tertiary/aromatic N) is 1. The monoisotopic (exact) mass is 338 g/mol. The Kier molecular flexibility index (Phi) is 4.56. The minimum absolute atomic E-state index is 0.257. The van der Waals surface area contributed by atoms with Crippen molar-refractivity contribution in [3.8, 4) is 0 Å². The summed E-state index contributed by atoms with van der Waals surface area (Å²) < 4.78 is 10.0. The van der Waals surface area contributed by atoms with Crippen LogP contribution in [0.5, 0.6) is 0 Å². The maximum atomic E-state index is 12.1. The third kappa shape index (κ3) is 3.95. The number of hydrogen-bond acceptors (Lipinski definition) is 7. The highest BCUT2D eigenvalue weighted by atomic mass is 32.1. The van der Waals surface area contributed by atoms with Gasteiger partial charge in [0.2, 0.25) is 0 Å². The van der Waals surface area contributed by atoms with Crippen LogP contribution in [0.2, 0.25) is 0 Å². The van der Waals surface area contributed by atoms with Crippen molar-refractivity contribution in [1.29, 1.82) is 0 Å². The predicted molar refractivity (Wildman–Crippen MR) is 85.8 cm³/mol. The first-order valence-electron chi connectivity index (χ1n) is 6.97. The van der Waals surface area contributed by atoms with E-state index in [4.69, 9.17) is 9.47 Å². The highest BCUT2D eigenvalue weighted by Gasteiger charge is 2.22. The fraction of sp³-hybridized carbons (Fsp3) is 0.467. The number of ether oxygens (including phenoxy) is 2. The summed E-state index contributed by atoms with van der Waals surface area (Å²) in [6.07, 6.45) is 0. The number of hydrogen-bond donors (Lipinski definition) is 1. The molecule has 2 aromatic rings. The largest absolute Gasteiger partial charge is 0.457 e. The Morgan fingerprint density at radius 2 is 1.91 bits per heavy atom. The lowest BCUT2D eigenvalue weighted by Gasteiger charge is -2.19. The number of carbonyl (C=O) groups excluding carboxylic acids is 2. The van der Waals surface area contributed by atoms with E-state index in [9.17, 15) is 14.4 Å². The second-order valence-corrected chi connectivity index (χ2v) is 7.05. The minimum Gasteiger partial charge on any atom is -0.457 e. The van der Waals surface area contributed by atoms with Gasteiger partial charge in [0, 0.05) is 0 Å². The smallest absolute Gasteiger partial charge is 0.349 e. The highest BCUT2D eigenvalue weighted by molar-refractivity contribution is 7.20. The second kappa shape index (κ2) is 6.11. The number of esters is 2. The molecular formula is C15H18N2O5S. The van der Waals surface area contributed by atoms with E-state index in [0.717, 1.165) is 11.3 Å². The summed E-state index contributed by atoms with van der Waals surface area (Å²) in [6, 6.07) is 0. The first-order chi connectivity index (χ1) is 10.6. The Bertz CT molecular complexity index is 829. The number of fused-ring (bicyclic) bond motifs is 1. The van der Waals surface area contributed by atoms with Crippen molar-refractivity contribution in [2.45, 2.75) is 40.2 Å². The van der Waals surface area contributed by atoms with Gasteiger partial charge < -0.3 is 14.5 Å². The van der Waals surface area contributed by atoms with E-state index in [-0.39, 0.29) is 10.4 Å². The summed E-state index contributed by atoms with van der Waals surface area (Å²) >= 11 is 1.07. The summed E-state index contributed by atoms with van der Waals surface area (Å²) in [5.74, 6) is -0.831. The van der Waals surface area contributed by atoms with Crippen LogP contribution in [-0.4, -0.2) is 34.1 Å². The Labute approximate surface area is 136 Å². The molecule has 0 aromatic carbocycles. The zero-order chi connectivity index (χ0) is 17.4. The molecule has 0 saturated carbocycles. The number of carbonyl (C=O) groups is 2.